The van der Waals surface area contributed by atoms with Gasteiger partial charge in [0.1, 0.15) is 11.2 Å². The van der Waals surface area contributed by atoms with E-state index in [0.29, 0.717) is 5.95 Å². The lowest BCUT2D eigenvalue weighted by atomic mass is 9.96. The van der Waals surface area contributed by atoms with Gasteiger partial charge in [0.05, 0.1) is 22.2 Å². The first-order valence-electron chi connectivity index (χ1n) is 19.7. The predicted molar refractivity (Wildman–Crippen MR) is 240 cm³/mol. The second-order valence-corrected chi connectivity index (χ2v) is 14.9. The molecule has 12 aromatic rings. The molecule has 58 heavy (non-hydrogen) atoms. The zero-order valence-electron chi connectivity index (χ0n) is 31.3. The van der Waals surface area contributed by atoms with Crippen molar-refractivity contribution in [1.29, 1.82) is 0 Å². The molecule has 270 valence electrons. The molecule has 0 radical (unpaired) electrons. The van der Waals surface area contributed by atoms with Crippen LogP contribution >= 0.6 is 0 Å². The number of nitrogens with zero attached hydrogens (tertiary/aromatic N) is 3. The van der Waals surface area contributed by atoms with Crippen LogP contribution in [0.3, 0.4) is 0 Å². The molecule has 0 spiro atoms. The lowest BCUT2D eigenvalue weighted by molar-refractivity contribution is 0.670. The van der Waals surface area contributed by atoms with Crippen LogP contribution < -0.4 is 0 Å². The number of fused-ring (bicyclic) bond motifs is 9. The van der Waals surface area contributed by atoms with E-state index in [9.17, 15) is 0 Å². The van der Waals surface area contributed by atoms with Crippen LogP contribution in [-0.2, 0) is 0 Å². The third kappa shape index (κ3) is 5.09. The van der Waals surface area contributed by atoms with Gasteiger partial charge in [-0.25, -0.2) is 9.97 Å². The number of furan rings is 1. The summed E-state index contributed by atoms with van der Waals surface area (Å²) in [5.74, 6) is 0.652. The van der Waals surface area contributed by atoms with E-state index >= 15 is 0 Å². The third-order valence-electron chi connectivity index (χ3n) is 11.6. The molecule has 4 nitrogen and oxygen atoms in total. The zero-order valence-corrected chi connectivity index (χ0v) is 31.3. The average Bonchev–Trinajstić information content (AvgIpc) is 3.85. The number of hydrogen-bond donors (Lipinski definition) is 0. The van der Waals surface area contributed by atoms with E-state index in [4.69, 9.17) is 14.4 Å². The van der Waals surface area contributed by atoms with Crippen molar-refractivity contribution in [2.24, 2.45) is 0 Å². The summed E-state index contributed by atoms with van der Waals surface area (Å²) in [4.78, 5) is 10.6. The molecule has 0 fully saturated rings. The summed E-state index contributed by atoms with van der Waals surface area (Å²) >= 11 is 0. The van der Waals surface area contributed by atoms with Crippen LogP contribution in [0.15, 0.2) is 205 Å². The van der Waals surface area contributed by atoms with Crippen molar-refractivity contribution in [2.45, 2.75) is 0 Å². The smallest absolute Gasteiger partial charge is 0.235 e. The molecule has 0 bridgehead atoms. The minimum Gasteiger partial charge on any atom is -0.455 e. The topological polar surface area (TPSA) is 43.9 Å². The van der Waals surface area contributed by atoms with Crippen molar-refractivity contribution >= 4 is 65.4 Å². The number of benzene rings is 9. The lowest BCUT2D eigenvalue weighted by Gasteiger charge is -2.13. The summed E-state index contributed by atoms with van der Waals surface area (Å²) in [5.41, 5.74) is 13.7. The molecule has 3 aromatic heterocycles. The highest BCUT2D eigenvalue weighted by Gasteiger charge is 2.19. The van der Waals surface area contributed by atoms with Gasteiger partial charge in [-0.05, 0) is 75.0 Å². The van der Waals surface area contributed by atoms with Crippen molar-refractivity contribution in [3.63, 3.8) is 0 Å². The van der Waals surface area contributed by atoms with Gasteiger partial charge in [0, 0.05) is 38.1 Å². The number of aromatic nitrogens is 3. The van der Waals surface area contributed by atoms with Crippen LogP contribution in [0.5, 0.6) is 0 Å². The Morgan fingerprint density at radius 3 is 1.93 bits per heavy atom. The first-order chi connectivity index (χ1) is 28.7. The highest BCUT2D eigenvalue weighted by atomic mass is 16.3. The van der Waals surface area contributed by atoms with Crippen molar-refractivity contribution in [3.8, 4) is 50.6 Å². The average molecular weight is 740 g/mol. The molecule has 0 aliphatic rings. The molecule has 12 rings (SSSR count). The van der Waals surface area contributed by atoms with E-state index in [-0.39, 0.29) is 0 Å². The standard InChI is InChI=1S/C54H33N3O/c1-2-12-34(13-3-1)37-14-10-15-40(33-37)52-45-17-4-7-21-47(45)55-54(56-52)57-48-22-8-5-18-46(48)51-41-30-28-38(32-39(41)29-31-49(51)57)35-24-26-36(27-25-35)42-19-11-20-44-43-16-6-9-23-50(43)58-53(42)44/h1-33H. The number of rotatable bonds is 5. The Morgan fingerprint density at radius 1 is 0.379 bits per heavy atom. The van der Waals surface area contributed by atoms with Gasteiger partial charge in [0.25, 0.3) is 0 Å². The summed E-state index contributed by atoms with van der Waals surface area (Å²) in [5, 5.41) is 8.05. The van der Waals surface area contributed by atoms with Crippen LogP contribution in [0.4, 0.5) is 0 Å². The van der Waals surface area contributed by atoms with Crippen molar-refractivity contribution < 1.29 is 4.42 Å². The van der Waals surface area contributed by atoms with Gasteiger partial charge in [0.2, 0.25) is 5.95 Å². The Labute approximate surface area is 333 Å². The first-order valence-corrected chi connectivity index (χ1v) is 19.7. The summed E-state index contributed by atoms with van der Waals surface area (Å²) in [6, 6.07) is 70.9. The van der Waals surface area contributed by atoms with Crippen LogP contribution in [-0.4, -0.2) is 14.5 Å². The summed E-state index contributed by atoms with van der Waals surface area (Å²) in [7, 11) is 0. The molecule has 0 unspecified atom stereocenters. The molecule has 0 atom stereocenters. The largest absolute Gasteiger partial charge is 0.455 e. The maximum atomic E-state index is 6.35. The summed E-state index contributed by atoms with van der Waals surface area (Å²) in [6.45, 7) is 0. The normalized spacial score (nSPS) is 11.8. The predicted octanol–water partition coefficient (Wildman–Crippen LogP) is 14.4. The summed E-state index contributed by atoms with van der Waals surface area (Å²) in [6.07, 6.45) is 0. The monoisotopic (exact) mass is 739 g/mol. The highest BCUT2D eigenvalue weighted by molar-refractivity contribution is 6.21. The molecule has 0 saturated carbocycles. The van der Waals surface area contributed by atoms with E-state index in [2.05, 4.69) is 193 Å². The Kier molecular flexibility index (Phi) is 7.20. The second-order valence-electron chi connectivity index (χ2n) is 14.9. The van der Waals surface area contributed by atoms with Gasteiger partial charge >= 0.3 is 0 Å². The van der Waals surface area contributed by atoms with E-state index in [1.807, 2.05) is 12.1 Å². The lowest BCUT2D eigenvalue weighted by Crippen LogP contribution is -2.03. The van der Waals surface area contributed by atoms with Gasteiger partial charge in [-0.1, -0.05) is 164 Å². The van der Waals surface area contributed by atoms with Crippen LogP contribution in [0, 0.1) is 0 Å². The highest BCUT2D eigenvalue weighted by Crippen LogP contribution is 2.40. The molecule has 0 aliphatic carbocycles. The molecule has 0 aliphatic heterocycles. The van der Waals surface area contributed by atoms with Gasteiger partial charge in [-0.15, -0.1) is 0 Å². The maximum absolute atomic E-state index is 6.35. The van der Waals surface area contributed by atoms with E-state index in [1.165, 1.54) is 38.2 Å². The Balaban J connectivity index is 0.974. The minimum atomic E-state index is 0.652. The van der Waals surface area contributed by atoms with Crippen molar-refractivity contribution in [2.75, 3.05) is 0 Å². The second kappa shape index (κ2) is 12.9. The number of hydrogen-bond acceptors (Lipinski definition) is 3. The third-order valence-corrected chi connectivity index (χ3v) is 11.6. The summed E-state index contributed by atoms with van der Waals surface area (Å²) < 4.78 is 8.58. The Bertz CT molecular complexity index is 3560. The molecule has 0 saturated heterocycles. The van der Waals surface area contributed by atoms with E-state index in [1.54, 1.807) is 0 Å². The van der Waals surface area contributed by atoms with Crippen LogP contribution in [0.1, 0.15) is 0 Å². The van der Waals surface area contributed by atoms with Gasteiger partial charge in [-0.2, -0.15) is 0 Å². The molecule has 0 N–H and O–H groups in total. The molecule has 4 heteroatoms. The van der Waals surface area contributed by atoms with Crippen molar-refractivity contribution in [3.05, 3.63) is 200 Å². The molecular formula is C54H33N3O. The van der Waals surface area contributed by atoms with Crippen molar-refractivity contribution in [1.82, 2.24) is 14.5 Å². The maximum Gasteiger partial charge on any atom is 0.235 e. The molecule has 9 aromatic carbocycles. The van der Waals surface area contributed by atoms with Gasteiger partial charge in [0.15, 0.2) is 0 Å². The Morgan fingerprint density at radius 2 is 1.03 bits per heavy atom. The minimum absolute atomic E-state index is 0.652. The van der Waals surface area contributed by atoms with Gasteiger partial charge in [-0.3, -0.25) is 4.57 Å². The quantitative estimate of drug-likeness (QED) is 0.177. The SMILES string of the molecule is c1ccc(-c2cccc(-c3nc(-n4c5ccccc5c5c6ccc(-c7ccc(-c8cccc9c8oc8ccccc89)cc7)cc6ccc54)nc4ccccc34)c2)cc1. The van der Waals surface area contributed by atoms with E-state index < -0.39 is 0 Å². The number of para-hydroxylation sites is 4. The van der Waals surface area contributed by atoms with Crippen LogP contribution in [0.2, 0.25) is 0 Å². The fourth-order valence-electron chi connectivity index (χ4n) is 8.87. The fourth-order valence-corrected chi connectivity index (χ4v) is 8.87. The zero-order chi connectivity index (χ0) is 38.2. The molecule has 0 amide bonds. The fraction of sp³-hybridized carbons (Fsp3) is 0. The Hall–Kier alpha value is -7.82. The first kappa shape index (κ1) is 32.4. The van der Waals surface area contributed by atoms with Gasteiger partial charge < -0.3 is 4.42 Å². The van der Waals surface area contributed by atoms with Crippen LogP contribution in [0.25, 0.3) is 116 Å². The van der Waals surface area contributed by atoms with E-state index in [0.717, 1.165) is 71.8 Å². The molecule has 3 heterocycles. The molecular weight excluding hydrogens is 707 g/mol.